The fourth-order valence-electron chi connectivity index (χ4n) is 3.31. The van der Waals surface area contributed by atoms with Crippen molar-refractivity contribution >= 4 is 10.0 Å². The van der Waals surface area contributed by atoms with Crippen LogP contribution in [0.4, 0.5) is 0 Å². The Bertz CT molecular complexity index is 537. The summed E-state index contributed by atoms with van der Waals surface area (Å²) in [6, 6.07) is 0.127. The number of hydrogen-bond donors (Lipinski definition) is 2. The van der Waals surface area contributed by atoms with Crippen LogP contribution in [-0.2, 0) is 16.4 Å². The number of nitrogens with one attached hydrogen (secondary N) is 2. The van der Waals surface area contributed by atoms with E-state index < -0.39 is 10.0 Å². The van der Waals surface area contributed by atoms with Gasteiger partial charge in [0.15, 0.2) is 5.03 Å². The van der Waals surface area contributed by atoms with Gasteiger partial charge in [0, 0.05) is 12.5 Å². The number of aromatic nitrogens is 2. The zero-order chi connectivity index (χ0) is 12.8. The molecule has 3 atom stereocenters. The van der Waals surface area contributed by atoms with Crippen molar-refractivity contribution in [1.29, 1.82) is 0 Å². The van der Waals surface area contributed by atoms with Crippen LogP contribution in [0.15, 0.2) is 11.2 Å². The van der Waals surface area contributed by atoms with E-state index in [2.05, 4.69) is 14.7 Å². The van der Waals surface area contributed by atoms with Gasteiger partial charge in [0.2, 0.25) is 0 Å². The summed E-state index contributed by atoms with van der Waals surface area (Å²) in [5, 5.41) is 0.196. The van der Waals surface area contributed by atoms with Crippen LogP contribution in [0.25, 0.3) is 0 Å². The molecule has 0 spiro atoms. The highest BCUT2D eigenvalue weighted by atomic mass is 32.2. The molecule has 6 heteroatoms. The second-order valence-corrected chi connectivity index (χ2v) is 7.13. The van der Waals surface area contributed by atoms with Gasteiger partial charge < -0.3 is 4.98 Å². The Morgan fingerprint density at radius 2 is 2.28 bits per heavy atom. The minimum absolute atomic E-state index is 0.127. The molecule has 2 aliphatic rings. The SMILES string of the molecule is CCc1ncc(S(=O)(=O)NC2CC3CCC2C3)[nH]1. The molecule has 1 aromatic rings. The molecule has 5 nitrogen and oxygen atoms in total. The number of imidazole rings is 1. The maximum absolute atomic E-state index is 12.2. The van der Waals surface area contributed by atoms with Gasteiger partial charge in [-0.3, -0.25) is 0 Å². The molecule has 2 bridgehead atoms. The zero-order valence-electron chi connectivity index (χ0n) is 10.5. The minimum atomic E-state index is -3.42. The molecular weight excluding hydrogens is 250 g/mol. The Labute approximate surface area is 107 Å². The van der Waals surface area contributed by atoms with E-state index in [-0.39, 0.29) is 11.1 Å². The summed E-state index contributed by atoms with van der Waals surface area (Å²) in [5.41, 5.74) is 0. The molecule has 2 aliphatic carbocycles. The average molecular weight is 269 g/mol. The van der Waals surface area contributed by atoms with Gasteiger partial charge in [-0.25, -0.2) is 18.1 Å². The number of rotatable bonds is 4. The van der Waals surface area contributed by atoms with Gasteiger partial charge in [0.1, 0.15) is 5.82 Å². The molecule has 0 aromatic carbocycles. The molecule has 2 saturated carbocycles. The van der Waals surface area contributed by atoms with E-state index in [0.717, 1.165) is 12.3 Å². The van der Waals surface area contributed by atoms with Gasteiger partial charge in [-0.15, -0.1) is 0 Å². The maximum atomic E-state index is 12.2. The molecule has 2 N–H and O–H groups in total. The van der Waals surface area contributed by atoms with Gasteiger partial charge in [0.05, 0.1) is 6.20 Å². The Morgan fingerprint density at radius 3 is 2.83 bits per heavy atom. The van der Waals surface area contributed by atoms with Crippen molar-refractivity contribution in [1.82, 2.24) is 14.7 Å². The molecule has 0 saturated heterocycles. The molecule has 18 heavy (non-hydrogen) atoms. The van der Waals surface area contributed by atoms with E-state index >= 15 is 0 Å². The summed E-state index contributed by atoms with van der Waals surface area (Å²) in [6.45, 7) is 1.94. The standard InChI is InChI=1S/C12H19N3O2S/c1-2-11-13-7-12(14-11)18(16,17)15-10-6-8-3-4-9(10)5-8/h7-10,15H,2-6H2,1H3,(H,13,14). The highest BCUT2D eigenvalue weighted by Gasteiger charge is 2.41. The zero-order valence-corrected chi connectivity index (χ0v) is 11.3. The normalized spacial score (nSPS) is 31.1. The van der Waals surface area contributed by atoms with Gasteiger partial charge in [-0.1, -0.05) is 13.3 Å². The largest absolute Gasteiger partial charge is 0.332 e. The van der Waals surface area contributed by atoms with Crippen LogP contribution >= 0.6 is 0 Å². The lowest BCUT2D eigenvalue weighted by Gasteiger charge is -2.22. The summed E-state index contributed by atoms with van der Waals surface area (Å²) in [6.07, 6.45) is 6.75. The molecular formula is C12H19N3O2S. The summed E-state index contributed by atoms with van der Waals surface area (Å²) in [5.74, 6) is 1.98. The second-order valence-electron chi connectivity index (χ2n) is 5.45. The molecule has 3 rings (SSSR count). The van der Waals surface area contributed by atoms with E-state index in [1.54, 1.807) is 0 Å². The third kappa shape index (κ3) is 2.07. The summed E-state index contributed by atoms with van der Waals surface area (Å²) in [7, 11) is -3.42. The molecule has 0 radical (unpaired) electrons. The first-order valence-corrected chi connectivity index (χ1v) is 8.13. The quantitative estimate of drug-likeness (QED) is 0.868. The first-order valence-electron chi connectivity index (χ1n) is 6.64. The van der Waals surface area contributed by atoms with Gasteiger partial charge in [-0.2, -0.15) is 0 Å². The smallest absolute Gasteiger partial charge is 0.257 e. The minimum Gasteiger partial charge on any atom is -0.332 e. The van der Waals surface area contributed by atoms with Crippen LogP contribution in [-0.4, -0.2) is 24.4 Å². The molecule has 1 aromatic heterocycles. The van der Waals surface area contributed by atoms with Crippen LogP contribution in [0, 0.1) is 11.8 Å². The number of aromatic amines is 1. The highest BCUT2D eigenvalue weighted by molar-refractivity contribution is 7.89. The number of nitrogens with zero attached hydrogens (tertiary/aromatic N) is 1. The Kier molecular flexibility index (Phi) is 2.94. The molecule has 100 valence electrons. The number of aryl methyl sites for hydroxylation is 1. The van der Waals surface area contributed by atoms with Crippen LogP contribution in [0.1, 0.15) is 38.4 Å². The highest BCUT2D eigenvalue weighted by Crippen LogP contribution is 2.44. The van der Waals surface area contributed by atoms with Crippen LogP contribution in [0.2, 0.25) is 0 Å². The lowest BCUT2D eigenvalue weighted by atomic mass is 9.96. The van der Waals surface area contributed by atoms with E-state index in [1.807, 2.05) is 6.92 Å². The molecule has 2 fully saturated rings. The summed E-state index contributed by atoms with van der Waals surface area (Å²) >= 11 is 0. The van der Waals surface area contributed by atoms with Gasteiger partial charge in [0.25, 0.3) is 10.0 Å². The topological polar surface area (TPSA) is 74.8 Å². The molecule has 0 aliphatic heterocycles. The van der Waals surface area contributed by atoms with Crippen molar-refractivity contribution in [2.45, 2.75) is 50.1 Å². The first kappa shape index (κ1) is 12.2. The van der Waals surface area contributed by atoms with Crippen molar-refractivity contribution < 1.29 is 8.42 Å². The fraction of sp³-hybridized carbons (Fsp3) is 0.750. The number of hydrogen-bond acceptors (Lipinski definition) is 3. The van der Waals surface area contributed by atoms with E-state index in [4.69, 9.17) is 0 Å². The second kappa shape index (κ2) is 4.35. The van der Waals surface area contributed by atoms with Crippen molar-refractivity contribution in [2.75, 3.05) is 0 Å². The summed E-state index contributed by atoms with van der Waals surface area (Å²) in [4.78, 5) is 6.91. The average Bonchev–Trinajstić information content (AvgIpc) is 3.04. The predicted octanol–water partition coefficient (Wildman–Crippen LogP) is 1.44. The van der Waals surface area contributed by atoms with E-state index in [1.165, 1.54) is 25.5 Å². The number of fused-ring (bicyclic) bond motifs is 2. The van der Waals surface area contributed by atoms with Gasteiger partial charge >= 0.3 is 0 Å². The van der Waals surface area contributed by atoms with E-state index in [0.29, 0.717) is 18.2 Å². The summed E-state index contributed by atoms with van der Waals surface area (Å²) < 4.78 is 27.3. The third-order valence-electron chi connectivity index (χ3n) is 4.27. The van der Waals surface area contributed by atoms with Crippen molar-refractivity contribution in [3.8, 4) is 0 Å². The Hall–Kier alpha value is -0.880. The monoisotopic (exact) mass is 269 g/mol. The van der Waals surface area contributed by atoms with Crippen LogP contribution in [0.3, 0.4) is 0 Å². The van der Waals surface area contributed by atoms with Crippen LogP contribution < -0.4 is 4.72 Å². The third-order valence-corrected chi connectivity index (χ3v) is 5.67. The molecule has 1 heterocycles. The number of H-pyrrole nitrogens is 1. The predicted molar refractivity (Wildman–Crippen MR) is 67.5 cm³/mol. The molecule has 3 unspecified atom stereocenters. The first-order chi connectivity index (χ1) is 8.58. The van der Waals surface area contributed by atoms with Crippen molar-refractivity contribution in [3.63, 3.8) is 0 Å². The lowest BCUT2D eigenvalue weighted by molar-refractivity contribution is 0.390. The van der Waals surface area contributed by atoms with E-state index in [9.17, 15) is 8.42 Å². The van der Waals surface area contributed by atoms with Gasteiger partial charge in [-0.05, 0) is 31.1 Å². The Balaban J connectivity index is 1.75. The lowest BCUT2D eigenvalue weighted by Crippen LogP contribution is -2.38. The fourth-order valence-corrected chi connectivity index (χ4v) is 4.57. The molecule has 0 amide bonds. The van der Waals surface area contributed by atoms with Crippen LogP contribution in [0.5, 0.6) is 0 Å². The maximum Gasteiger partial charge on any atom is 0.257 e. The number of sulfonamides is 1. The Morgan fingerprint density at radius 1 is 1.44 bits per heavy atom. The van der Waals surface area contributed by atoms with Crippen molar-refractivity contribution in [3.05, 3.63) is 12.0 Å². The van der Waals surface area contributed by atoms with Crippen molar-refractivity contribution in [2.24, 2.45) is 11.8 Å².